The van der Waals surface area contributed by atoms with E-state index in [4.69, 9.17) is 4.74 Å². The molecule has 3 atom stereocenters. The van der Waals surface area contributed by atoms with Crippen molar-refractivity contribution in [2.45, 2.75) is 38.6 Å². The van der Waals surface area contributed by atoms with Crippen LogP contribution in [0.1, 0.15) is 30.0 Å². The second-order valence-corrected chi connectivity index (χ2v) is 8.19. The first-order chi connectivity index (χ1) is 15.9. The molecule has 4 rings (SSSR count). The molecule has 1 fully saturated rings. The van der Waals surface area contributed by atoms with Gasteiger partial charge in [-0.1, -0.05) is 48.5 Å². The van der Waals surface area contributed by atoms with Crippen LogP contribution < -0.4 is 5.32 Å². The van der Waals surface area contributed by atoms with Crippen molar-refractivity contribution in [3.8, 4) is 0 Å². The summed E-state index contributed by atoms with van der Waals surface area (Å²) in [5, 5.41) is 12.5. The Hall–Kier alpha value is -3.65. The maximum Gasteiger partial charge on any atom is 0.407 e. The van der Waals surface area contributed by atoms with Gasteiger partial charge in [0.25, 0.3) is 0 Å². The molecule has 0 bridgehead atoms. The van der Waals surface area contributed by atoms with Crippen LogP contribution in [0.2, 0.25) is 0 Å². The largest absolute Gasteiger partial charge is 0.477 e. The summed E-state index contributed by atoms with van der Waals surface area (Å²) in [4.78, 5) is 37.8. The molecule has 8 nitrogen and oxygen atoms in total. The number of hydrogen-bond acceptors (Lipinski definition) is 5. The normalized spacial score (nSPS) is 20.2. The molecule has 172 valence electrons. The van der Waals surface area contributed by atoms with Gasteiger partial charge in [0, 0.05) is 6.54 Å². The highest BCUT2D eigenvalue weighted by molar-refractivity contribution is 6.06. The van der Waals surface area contributed by atoms with Crippen molar-refractivity contribution in [2.75, 3.05) is 7.11 Å². The third-order valence-electron chi connectivity index (χ3n) is 6.17. The number of nitrogens with one attached hydrogen (secondary N) is 1. The number of methoxy groups -OCH3 is 1. The molecule has 0 aliphatic carbocycles. The minimum absolute atomic E-state index is 0.0228. The molecule has 2 aromatic carbocycles. The molecule has 2 aromatic rings. The Morgan fingerprint density at radius 1 is 1.15 bits per heavy atom. The Morgan fingerprint density at radius 2 is 1.88 bits per heavy atom. The van der Waals surface area contributed by atoms with Gasteiger partial charge in [0.2, 0.25) is 5.91 Å². The molecule has 8 heteroatoms. The number of rotatable bonds is 8. The minimum atomic E-state index is -1.13. The Morgan fingerprint density at radius 3 is 2.58 bits per heavy atom. The van der Waals surface area contributed by atoms with Gasteiger partial charge in [0.15, 0.2) is 0 Å². The molecular formula is C25H26N2O6. The number of carboxylic acids is 1. The van der Waals surface area contributed by atoms with E-state index in [2.05, 4.69) is 10.1 Å². The van der Waals surface area contributed by atoms with Crippen molar-refractivity contribution in [3.05, 3.63) is 77.0 Å². The number of carbonyl (C=O) groups is 3. The zero-order valence-electron chi connectivity index (χ0n) is 18.5. The van der Waals surface area contributed by atoms with Gasteiger partial charge in [-0.25, -0.2) is 9.59 Å². The fourth-order valence-corrected chi connectivity index (χ4v) is 4.53. The third-order valence-corrected chi connectivity index (χ3v) is 6.17. The average molecular weight is 450 g/mol. The highest BCUT2D eigenvalue weighted by Gasteiger charge is 2.57. The van der Waals surface area contributed by atoms with E-state index in [1.165, 1.54) is 12.0 Å². The molecule has 0 aromatic heterocycles. The van der Waals surface area contributed by atoms with E-state index in [1.54, 1.807) is 6.07 Å². The number of aliphatic carboxylic acids is 1. The lowest BCUT2D eigenvalue weighted by molar-refractivity contribution is -0.164. The van der Waals surface area contributed by atoms with Gasteiger partial charge in [-0.15, -0.1) is 0 Å². The fraction of sp³-hybridized carbons (Fsp3) is 0.320. The molecule has 0 spiro atoms. The molecule has 33 heavy (non-hydrogen) atoms. The van der Waals surface area contributed by atoms with Gasteiger partial charge >= 0.3 is 12.1 Å². The summed E-state index contributed by atoms with van der Waals surface area (Å²) < 4.78 is 10.6. The van der Waals surface area contributed by atoms with E-state index in [1.807, 2.05) is 55.5 Å². The smallest absolute Gasteiger partial charge is 0.407 e. The number of carboxylic acid groups (broad SMARTS) is 1. The lowest BCUT2D eigenvalue weighted by atomic mass is 9.82. The summed E-state index contributed by atoms with van der Waals surface area (Å²) in [6.07, 6.45) is -0.456. The molecule has 0 saturated carbocycles. The molecular weight excluding hydrogens is 424 g/mol. The van der Waals surface area contributed by atoms with Crippen LogP contribution in [-0.4, -0.2) is 47.2 Å². The number of alkyl carbamates (subject to hydrolysis) is 1. The van der Waals surface area contributed by atoms with E-state index < -0.39 is 18.0 Å². The summed E-state index contributed by atoms with van der Waals surface area (Å²) in [6, 6.07) is 16.7. The van der Waals surface area contributed by atoms with Crippen LogP contribution in [0.4, 0.5) is 4.79 Å². The molecule has 2 aliphatic heterocycles. The van der Waals surface area contributed by atoms with E-state index in [9.17, 15) is 19.5 Å². The van der Waals surface area contributed by atoms with Crippen LogP contribution in [0.3, 0.4) is 0 Å². The van der Waals surface area contributed by atoms with Gasteiger partial charge in [0.1, 0.15) is 5.70 Å². The minimum Gasteiger partial charge on any atom is -0.477 e. The number of amides is 2. The average Bonchev–Trinajstić information content (AvgIpc) is 3.17. The molecule has 1 saturated heterocycles. The predicted molar refractivity (Wildman–Crippen MR) is 120 cm³/mol. The molecule has 2 aliphatic rings. The number of fused-ring (bicyclic) bond motifs is 1. The maximum atomic E-state index is 13.0. The number of carbonyl (C=O) groups excluding carboxylic acids is 2. The van der Waals surface area contributed by atoms with Crippen molar-refractivity contribution >= 4 is 23.5 Å². The van der Waals surface area contributed by atoms with Gasteiger partial charge in [-0.2, -0.15) is 0 Å². The first-order valence-electron chi connectivity index (χ1n) is 10.8. The summed E-state index contributed by atoms with van der Waals surface area (Å²) in [7, 11) is 1.29. The molecule has 2 heterocycles. The van der Waals surface area contributed by atoms with Crippen LogP contribution in [0.5, 0.6) is 0 Å². The molecule has 2 N–H and O–H groups in total. The van der Waals surface area contributed by atoms with Gasteiger partial charge in [0.05, 0.1) is 31.8 Å². The number of β-lactam (4-membered cyclic amide) rings is 1. The molecule has 2 amide bonds. The van der Waals surface area contributed by atoms with Gasteiger partial charge in [-0.3, -0.25) is 4.79 Å². The third kappa shape index (κ3) is 4.47. The van der Waals surface area contributed by atoms with E-state index in [-0.39, 0.29) is 30.3 Å². The van der Waals surface area contributed by atoms with Crippen LogP contribution in [0.25, 0.3) is 5.57 Å². The molecule has 0 unspecified atom stereocenters. The SMILES string of the molecule is COC(=O)NCc1cccc(C2=C(C(=O)O)N3C(=O)[C@H]([C@@H](C)OCc4ccccc4)[C@H]3C2)c1. The van der Waals surface area contributed by atoms with E-state index >= 15 is 0 Å². The summed E-state index contributed by atoms with van der Waals surface area (Å²) in [5.41, 5.74) is 3.16. The van der Waals surface area contributed by atoms with E-state index in [0.717, 1.165) is 16.7 Å². The Labute approximate surface area is 191 Å². The van der Waals surface area contributed by atoms with Crippen molar-refractivity contribution in [1.82, 2.24) is 10.2 Å². The number of ether oxygens (including phenoxy) is 2. The first-order valence-corrected chi connectivity index (χ1v) is 10.8. The van der Waals surface area contributed by atoms with Crippen molar-refractivity contribution in [3.63, 3.8) is 0 Å². The van der Waals surface area contributed by atoms with Crippen molar-refractivity contribution in [1.29, 1.82) is 0 Å². The number of nitrogens with zero attached hydrogens (tertiary/aromatic N) is 1. The van der Waals surface area contributed by atoms with Gasteiger partial charge in [-0.05, 0) is 41.7 Å². The highest BCUT2D eigenvalue weighted by atomic mass is 16.5. The Balaban J connectivity index is 1.50. The quantitative estimate of drug-likeness (QED) is 0.599. The topological polar surface area (TPSA) is 105 Å². The second-order valence-electron chi connectivity index (χ2n) is 8.19. The lowest BCUT2D eigenvalue weighted by Gasteiger charge is -2.45. The monoisotopic (exact) mass is 450 g/mol. The summed E-state index contributed by atoms with van der Waals surface area (Å²) >= 11 is 0. The number of hydrogen-bond donors (Lipinski definition) is 2. The first kappa shape index (κ1) is 22.5. The summed E-state index contributed by atoms with van der Waals surface area (Å²) in [5.74, 6) is -1.75. The highest BCUT2D eigenvalue weighted by Crippen LogP contribution is 2.47. The zero-order valence-corrected chi connectivity index (χ0v) is 18.5. The number of benzene rings is 2. The standard InChI is InChI=1S/C25H26N2O6/c1-15(33-14-16-7-4-3-5-8-16)21-20-12-19(22(24(29)30)27(20)23(21)28)18-10-6-9-17(11-18)13-26-25(31)32-2/h3-11,15,20-21H,12-14H2,1-2H3,(H,26,31)(H,29,30)/t15-,20-,21-/m1/s1. The van der Waals surface area contributed by atoms with Crippen LogP contribution in [-0.2, 0) is 32.2 Å². The fourth-order valence-electron chi connectivity index (χ4n) is 4.53. The van der Waals surface area contributed by atoms with E-state index in [0.29, 0.717) is 18.6 Å². The molecule has 0 radical (unpaired) electrons. The van der Waals surface area contributed by atoms with Crippen LogP contribution in [0, 0.1) is 5.92 Å². The lowest BCUT2D eigenvalue weighted by Crippen LogP contribution is -2.62. The second kappa shape index (κ2) is 9.46. The van der Waals surface area contributed by atoms with Crippen molar-refractivity contribution < 1.29 is 29.0 Å². The van der Waals surface area contributed by atoms with Crippen LogP contribution >= 0.6 is 0 Å². The Kier molecular flexibility index (Phi) is 6.46. The van der Waals surface area contributed by atoms with Gasteiger partial charge < -0.3 is 24.8 Å². The van der Waals surface area contributed by atoms with Crippen LogP contribution in [0.15, 0.2) is 60.3 Å². The summed E-state index contributed by atoms with van der Waals surface area (Å²) in [6.45, 7) is 2.50. The maximum absolute atomic E-state index is 13.0. The van der Waals surface area contributed by atoms with Crippen molar-refractivity contribution in [2.24, 2.45) is 5.92 Å². The Bertz CT molecular complexity index is 1100. The predicted octanol–water partition coefficient (Wildman–Crippen LogP) is 3.17. The zero-order chi connectivity index (χ0) is 23.5.